The van der Waals surface area contributed by atoms with Gasteiger partial charge in [-0.15, -0.1) is 0 Å². The molecule has 1 saturated heterocycles. The van der Waals surface area contributed by atoms with Crippen molar-refractivity contribution in [3.05, 3.63) is 11.4 Å². The Hall–Kier alpha value is -1.36. The zero-order valence-corrected chi connectivity index (χ0v) is 9.95. The van der Waals surface area contributed by atoms with E-state index in [1.807, 2.05) is 13.8 Å². The van der Waals surface area contributed by atoms with Crippen LogP contribution in [0.25, 0.3) is 0 Å². The Morgan fingerprint density at radius 1 is 1.38 bits per heavy atom. The molecule has 3 N–H and O–H groups in total. The summed E-state index contributed by atoms with van der Waals surface area (Å²) in [5.74, 6) is 2.06. The molecule has 0 aliphatic carbocycles. The average Bonchev–Trinajstić information content (AvgIpc) is 2.60. The molecule has 2 unspecified atom stereocenters. The third-order valence-corrected chi connectivity index (χ3v) is 2.99. The maximum Gasteiger partial charge on any atom is 0.135 e. The normalized spacial score (nSPS) is 24.7. The molecule has 2 atom stereocenters. The Kier molecular flexibility index (Phi) is 2.96. The van der Waals surface area contributed by atoms with E-state index in [0.29, 0.717) is 17.7 Å². The molecule has 1 aliphatic rings. The van der Waals surface area contributed by atoms with E-state index in [4.69, 9.17) is 10.5 Å². The standard InChI is InChI=1S/C11H18N4O/c1-6-10(12)13-8(3)14-11(6)15-9-4-5-16-7(9)2/h7,9H,4-5H2,1-3H3,(H3,12,13,14,15). The van der Waals surface area contributed by atoms with Crippen molar-refractivity contribution in [2.45, 2.75) is 39.3 Å². The molecule has 5 nitrogen and oxygen atoms in total. The van der Waals surface area contributed by atoms with Crippen LogP contribution in [0, 0.1) is 13.8 Å². The highest BCUT2D eigenvalue weighted by molar-refractivity contribution is 5.55. The number of nitrogens with two attached hydrogens (primary N) is 1. The van der Waals surface area contributed by atoms with Gasteiger partial charge in [-0.25, -0.2) is 9.97 Å². The molecule has 1 aliphatic heterocycles. The number of hydrogen-bond donors (Lipinski definition) is 2. The molecule has 88 valence electrons. The molecule has 0 amide bonds. The van der Waals surface area contributed by atoms with Gasteiger partial charge >= 0.3 is 0 Å². The minimum absolute atomic E-state index is 0.218. The van der Waals surface area contributed by atoms with Crippen molar-refractivity contribution in [2.24, 2.45) is 0 Å². The highest BCUT2D eigenvalue weighted by atomic mass is 16.5. The smallest absolute Gasteiger partial charge is 0.135 e. The lowest BCUT2D eigenvalue weighted by Crippen LogP contribution is -2.28. The molecule has 16 heavy (non-hydrogen) atoms. The van der Waals surface area contributed by atoms with Crippen LogP contribution in [-0.4, -0.2) is 28.7 Å². The van der Waals surface area contributed by atoms with E-state index in [9.17, 15) is 0 Å². The number of aryl methyl sites for hydroxylation is 1. The van der Waals surface area contributed by atoms with Crippen molar-refractivity contribution in [1.29, 1.82) is 0 Å². The van der Waals surface area contributed by atoms with Crippen LogP contribution in [0.4, 0.5) is 11.6 Å². The second-order valence-electron chi connectivity index (χ2n) is 4.25. The Balaban J connectivity index is 2.20. The second-order valence-corrected chi connectivity index (χ2v) is 4.25. The third-order valence-electron chi connectivity index (χ3n) is 2.99. The molecule has 0 aromatic carbocycles. The zero-order valence-electron chi connectivity index (χ0n) is 9.95. The van der Waals surface area contributed by atoms with Gasteiger partial charge in [0.15, 0.2) is 0 Å². The SMILES string of the molecule is Cc1nc(N)c(C)c(NC2CCOC2C)n1. The molecule has 0 saturated carbocycles. The van der Waals surface area contributed by atoms with Gasteiger partial charge < -0.3 is 15.8 Å². The van der Waals surface area contributed by atoms with E-state index < -0.39 is 0 Å². The summed E-state index contributed by atoms with van der Waals surface area (Å²) < 4.78 is 5.50. The highest BCUT2D eigenvalue weighted by Gasteiger charge is 2.25. The van der Waals surface area contributed by atoms with E-state index in [1.165, 1.54) is 0 Å². The van der Waals surface area contributed by atoms with Crippen molar-refractivity contribution in [1.82, 2.24) is 9.97 Å². The van der Waals surface area contributed by atoms with Gasteiger partial charge in [0.2, 0.25) is 0 Å². The molecule has 2 heterocycles. The summed E-state index contributed by atoms with van der Waals surface area (Å²) in [6.07, 6.45) is 1.22. The largest absolute Gasteiger partial charge is 0.383 e. The molecule has 0 radical (unpaired) electrons. The molecule has 1 fully saturated rings. The molecule has 0 bridgehead atoms. The molecule has 0 spiro atoms. The number of nitrogens with one attached hydrogen (secondary N) is 1. The van der Waals surface area contributed by atoms with Crippen molar-refractivity contribution < 1.29 is 4.74 Å². The minimum atomic E-state index is 0.218. The number of nitrogen functional groups attached to an aromatic ring is 1. The van der Waals surface area contributed by atoms with Gasteiger partial charge in [0, 0.05) is 12.2 Å². The summed E-state index contributed by atoms with van der Waals surface area (Å²) >= 11 is 0. The Morgan fingerprint density at radius 2 is 2.12 bits per heavy atom. The molecule has 5 heteroatoms. The number of rotatable bonds is 2. The fourth-order valence-corrected chi connectivity index (χ4v) is 1.89. The molecular formula is C11H18N4O. The van der Waals surface area contributed by atoms with Gasteiger partial charge in [-0.3, -0.25) is 0 Å². The lowest BCUT2D eigenvalue weighted by molar-refractivity contribution is 0.121. The van der Waals surface area contributed by atoms with Crippen molar-refractivity contribution in [3.8, 4) is 0 Å². The molecule has 1 aromatic rings. The van der Waals surface area contributed by atoms with Gasteiger partial charge in [-0.2, -0.15) is 0 Å². The fourth-order valence-electron chi connectivity index (χ4n) is 1.89. The Morgan fingerprint density at radius 3 is 2.75 bits per heavy atom. The van der Waals surface area contributed by atoms with Gasteiger partial charge in [0.1, 0.15) is 17.5 Å². The second kappa shape index (κ2) is 4.25. The van der Waals surface area contributed by atoms with E-state index in [-0.39, 0.29) is 6.10 Å². The quantitative estimate of drug-likeness (QED) is 0.788. The van der Waals surface area contributed by atoms with Gasteiger partial charge in [0.05, 0.1) is 12.1 Å². The van der Waals surface area contributed by atoms with Crippen molar-refractivity contribution in [2.75, 3.05) is 17.7 Å². The van der Waals surface area contributed by atoms with Gasteiger partial charge in [-0.1, -0.05) is 0 Å². The molecule has 2 rings (SSSR count). The fraction of sp³-hybridized carbons (Fsp3) is 0.636. The average molecular weight is 222 g/mol. The first kappa shape index (κ1) is 11.1. The zero-order chi connectivity index (χ0) is 11.7. The van der Waals surface area contributed by atoms with Crippen LogP contribution in [0.5, 0.6) is 0 Å². The topological polar surface area (TPSA) is 73.1 Å². The summed E-state index contributed by atoms with van der Waals surface area (Å²) in [7, 11) is 0. The predicted octanol–water partition coefficient (Wildman–Crippen LogP) is 1.26. The first-order valence-electron chi connectivity index (χ1n) is 5.57. The summed E-state index contributed by atoms with van der Waals surface area (Å²) in [5, 5.41) is 3.38. The maximum absolute atomic E-state index is 5.81. The van der Waals surface area contributed by atoms with Crippen LogP contribution in [0.3, 0.4) is 0 Å². The Bertz CT molecular complexity index is 394. The predicted molar refractivity (Wildman–Crippen MR) is 63.4 cm³/mol. The monoisotopic (exact) mass is 222 g/mol. The van der Waals surface area contributed by atoms with Crippen LogP contribution < -0.4 is 11.1 Å². The Labute approximate surface area is 95.4 Å². The summed E-state index contributed by atoms with van der Waals surface area (Å²) in [6.45, 7) is 6.64. The summed E-state index contributed by atoms with van der Waals surface area (Å²) in [6, 6.07) is 0.312. The maximum atomic E-state index is 5.81. The minimum Gasteiger partial charge on any atom is -0.383 e. The van der Waals surface area contributed by atoms with E-state index in [0.717, 1.165) is 24.4 Å². The first-order chi connectivity index (χ1) is 7.58. The van der Waals surface area contributed by atoms with Crippen LogP contribution in [0.15, 0.2) is 0 Å². The summed E-state index contributed by atoms with van der Waals surface area (Å²) in [5.41, 5.74) is 6.72. The van der Waals surface area contributed by atoms with Crippen molar-refractivity contribution in [3.63, 3.8) is 0 Å². The van der Waals surface area contributed by atoms with Crippen LogP contribution in [-0.2, 0) is 4.74 Å². The van der Waals surface area contributed by atoms with E-state index in [2.05, 4.69) is 22.2 Å². The van der Waals surface area contributed by atoms with Crippen LogP contribution in [0.1, 0.15) is 24.7 Å². The number of aromatic nitrogens is 2. The number of ether oxygens (including phenoxy) is 1. The third kappa shape index (κ3) is 2.09. The lowest BCUT2D eigenvalue weighted by Gasteiger charge is -2.18. The highest BCUT2D eigenvalue weighted by Crippen LogP contribution is 2.22. The number of nitrogens with zero attached hydrogens (tertiary/aromatic N) is 2. The van der Waals surface area contributed by atoms with Crippen LogP contribution in [0.2, 0.25) is 0 Å². The lowest BCUT2D eigenvalue weighted by atomic mass is 10.1. The molecule has 1 aromatic heterocycles. The first-order valence-corrected chi connectivity index (χ1v) is 5.57. The van der Waals surface area contributed by atoms with E-state index >= 15 is 0 Å². The van der Waals surface area contributed by atoms with Gasteiger partial charge in [-0.05, 0) is 27.2 Å². The molecular weight excluding hydrogens is 204 g/mol. The van der Waals surface area contributed by atoms with Crippen LogP contribution >= 0.6 is 0 Å². The van der Waals surface area contributed by atoms with Gasteiger partial charge in [0.25, 0.3) is 0 Å². The number of hydrogen-bond acceptors (Lipinski definition) is 5. The van der Waals surface area contributed by atoms with Crippen molar-refractivity contribution >= 4 is 11.6 Å². The van der Waals surface area contributed by atoms with E-state index in [1.54, 1.807) is 0 Å². The number of anilines is 2. The summed E-state index contributed by atoms with van der Waals surface area (Å²) in [4.78, 5) is 8.50.